The molecule has 12 nitrogen and oxygen atoms in total. The predicted molar refractivity (Wildman–Crippen MR) is 145 cm³/mol. The predicted octanol–water partition coefficient (Wildman–Crippen LogP) is -0.969. The highest BCUT2D eigenvalue weighted by molar-refractivity contribution is 5.98. The van der Waals surface area contributed by atoms with Crippen LogP contribution in [0.1, 0.15) is 32.3 Å². The number of nitroso groups, excluding NO2 is 1. The summed E-state index contributed by atoms with van der Waals surface area (Å²) < 4.78 is 0. The lowest BCUT2D eigenvalue weighted by molar-refractivity contribution is -0.484. The lowest BCUT2D eigenvalue weighted by Crippen LogP contribution is -2.82. The summed E-state index contributed by atoms with van der Waals surface area (Å²) in [6.45, 7) is 3.74. The summed E-state index contributed by atoms with van der Waals surface area (Å²) in [5.74, 6) is -2.18. The van der Waals surface area contributed by atoms with Gasteiger partial charge in [0, 0.05) is 11.5 Å². The van der Waals surface area contributed by atoms with Crippen LogP contribution in [-0.4, -0.2) is 48.4 Å². The van der Waals surface area contributed by atoms with Gasteiger partial charge < -0.3 is 27.8 Å². The fourth-order valence-electron chi connectivity index (χ4n) is 3.74. The Kier molecular flexibility index (Phi) is 11.8. The number of nitrogens with zero attached hydrogens (tertiary/aromatic N) is 2. The highest BCUT2D eigenvalue weighted by Crippen LogP contribution is 2.13. The maximum Gasteiger partial charge on any atom is 0.309 e. The quantitative estimate of drug-likeness (QED) is 0.0788. The van der Waals surface area contributed by atoms with E-state index in [1.54, 1.807) is 49.5 Å². The second kappa shape index (κ2) is 15.1. The molecule has 204 valence electrons. The number of carbonyl (C=O) groups excluding carboxylic acids is 3. The Hall–Kier alpha value is -4.32. The number of para-hydroxylation sites is 1. The molecule has 0 aliphatic rings. The zero-order chi connectivity index (χ0) is 28.1. The molecule has 0 fully saturated rings. The van der Waals surface area contributed by atoms with Gasteiger partial charge in [0.05, 0.1) is 6.04 Å². The minimum Gasteiger partial charge on any atom is -0.370 e. The van der Waals surface area contributed by atoms with E-state index in [4.69, 9.17) is 17.2 Å². The summed E-state index contributed by atoms with van der Waals surface area (Å²) in [6.07, 6.45) is 0.779. The van der Waals surface area contributed by atoms with Gasteiger partial charge in [-0.1, -0.05) is 62.4 Å². The largest absolute Gasteiger partial charge is 0.370 e. The second-order valence-corrected chi connectivity index (χ2v) is 9.14. The lowest BCUT2D eigenvalue weighted by Gasteiger charge is -2.26. The van der Waals surface area contributed by atoms with Gasteiger partial charge in [-0.05, 0) is 47.9 Å². The number of anilines is 1. The molecular weight excluding hydrogens is 488 g/mol. The highest BCUT2D eigenvalue weighted by atomic mass is 16.3. The molecular formula is C26H37N8O4+. The molecule has 0 bridgehead atoms. The summed E-state index contributed by atoms with van der Waals surface area (Å²) in [5, 5.41) is 7.84. The van der Waals surface area contributed by atoms with E-state index in [-0.39, 0.29) is 24.8 Å². The molecule has 0 saturated carbocycles. The molecule has 9 N–H and O–H groups in total. The van der Waals surface area contributed by atoms with Gasteiger partial charge in [-0.25, -0.2) is 0 Å². The van der Waals surface area contributed by atoms with Crippen LogP contribution in [0.15, 0.2) is 65.7 Å². The van der Waals surface area contributed by atoms with Crippen LogP contribution in [0.5, 0.6) is 0 Å². The monoisotopic (exact) mass is 525 g/mol. The van der Waals surface area contributed by atoms with Crippen LogP contribution in [0.25, 0.3) is 0 Å². The standard InChI is InChI=1S/C26H36N8O4/c1-17(2)22(32-23(35)20(27)16-18-10-5-3-6-11-18)24(36)31-21(14-9-15-30-26(28)29)25(37)34(33-38)19-12-7-4-8-13-19/h3-8,10-13,17,20-22H,9,14-16,27H2,1-2H3,(H,31,36)(H,32,35)(H4,28,29,30)/p+1/t20-,21-,22-/m0/s1. The van der Waals surface area contributed by atoms with Crippen LogP contribution in [0.2, 0.25) is 0 Å². The molecule has 0 aromatic heterocycles. The van der Waals surface area contributed by atoms with Gasteiger partial charge in [0.25, 0.3) is 0 Å². The summed E-state index contributed by atoms with van der Waals surface area (Å²) in [4.78, 5) is 55.1. The number of carbonyl (C=O) groups is 3. The lowest BCUT2D eigenvalue weighted by atomic mass is 10.0. The molecule has 12 heteroatoms. The molecule has 0 aliphatic carbocycles. The van der Waals surface area contributed by atoms with Crippen LogP contribution in [0, 0.1) is 10.8 Å². The van der Waals surface area contributed by atoms with Crippen molar-refractivity contribution in [2.75, 3.05) is 11.6 Å². The third-order valence-electron chi connectivity index (χ3n) is 5.77. The molecule has 3 amide bonds. The van der Waals surface area contributed by atoms with Gasteiger partial charge >= 0.3 is 5.91 Å². The zero-order valence-electron chi connectivity index (χ0n) is 21.7. The Morgan fingerprint density at radius 2 is 1.55 bits per heavy atom. The van der Waals surface area contributed by atoms with E-state index in [0.29, 0.717) is 18.5 Å². The third kappa shape index (κ3) is 9.28. The van der Waals surface area contributed by atoms with Crippen LogP contribution < -0.4 is 38.1 Å². The zero-order valence-corrected chi connectivity index (χ0v) is 21.7. The summed E-state index contributed by atoms with van der Waals surface area (Å²) in [7, 11) is 0. The number of hydrogen-bond donors (Lipinski definition) is 6. The third-order valence-corrected chi connectivity index (χ3v) is 5.77. The summed E-state index contributed by atoms with van der Waals surface area (Å²) in [5.41, 5.74) is 18.0. The molecule has 0 aliphatic heterocycles. The fourth-order valence-corrected chi connectivity index (χ4v) is 3.74. The molecule has 3 atom stereocenters. The molecule has 2 aromatic rings. The molecule has 0 radical (unpaired) electrons. The minimum absolute atomic E-state index is 0.0986. The van der Waals surface area contributed by atoms with Crippen molar-refractivity contribution in [1.82, 2.24) is 10.6 Å². The fraction of sp³-hybridized carbons (Fsp3) is 0.385. The van der Waals surface area contributed by atoms with Crippen LogP contribution in [0.4, 0.5) is 5.69 Å². The van der Waals surface area contributed by atoms with E-state index in [2.05, 4.69) is 15.6 Å². The summed E-state index contributed by atoms with van der Waals surface area (Å²) >= 11 is 0. The maximum atomic E-state index is 13.3. The first-order chi connectivity index (χ1) is 18.1. The van der Waals surface area contributed by atoms with Gasteiger partial charge in [-0.15, -0.1) is 0 Å². The minimum atomic E-state index is -1.10. The Labute approximate surface area is 222 Å². The van der Waals surface area contributed by atoms with Crippen LogP contribution in [0.3, 0.4) is 0 Å². The van der Waals surface area contributed by atoms with Gasteiger partial charge in [0.2, 0.25) is 11.8 Å². The van der Waals surface area contributed by atoms with E-state index in [0.717, 1.165) is 10.6 Å². The number of rotatable bonds is 14. The Bertz CT molecular complexity index is 1090. The maximum absolute atomic E-state index is 13.3. The summed E-state index contributed by atoms with van der Waals surface area (Å²) in [6, 6.07) is 14.6. The SMILES string of the molecule is CC(C)[C@H](NC(=O)[C@@H](N)Cc1ccccc1)C(=O)N[C@@H](CCCN=C(N)N)C(=O)N([NH+]=O)c1ccccc1. The van der Waals surface area contributed by atoms with Gasteiger partial charge in [0.15, 0.2) is 5.96 Å². The van der Waals surface area contributed by atoms with Crippen molar-refractivity contribution >= 4 is 29.4 Å². The normalized spacial score (nSPS) is 13.1. The van der Waals surface area contributed by atoms with E-state index in [1.165, 1.54) is 0 Å². The molecule has 0 spiro atoms. The average molecular weight is 526 g/mol. The van der Waals surface area contributed by atoms with Crippen molar-refractivity contribution in [2.45, 2.75) is 51.2 Å². The Balaban J connectivity index is 2.17. The molecule has 0 saturated heterocycles. The number of nitrogens with one attached hydrogen (secondary N) is 3. The van der Waals surface area contributed by atoms with Gasteiger partial charge in [0.1, 0.15) is 23.1 Å². The van der Waals surface area contributed by atoms with Crippen molar-refractivity contribution in [3.05, 3.63) is 71.1 Å². The Morgan fingerprint density at radius 3 is 2.11 bits per heavy atom. The second-order valence-electron chi connectivity index (χ2n) is 9.14. The van der Waals surface area contributed by atoms with E-state index < -0.39 is 35.8 Å². The Morgan fingerprint density at radius 1 is 0.947 bits per heavy atom. The number of amides is 3. The van der Waals surface area contributed by atoms with E-state index >= 15 is 0 Å². The van der Waals surface area contributed by atoms with Gasteiger partial charge in [-0.3, -0.25) is 19.4 Å². The van der Waals surface area contributed by atoms with Crippen molar-refractivity contribution in [2.24, 2.45) is 28.1 Å². The van der Waals surface area contributed by atoms with E-state index in [9.17, 15) is 19.3 Å². The van der Waals surface area contributed by atoms with Crippen molar-refractivity contribution in [3.63, 3.8) is 0 Å². The average Bonchev–Trinajstić information content (AvgIpc) is 2.89. The highest BCUT2D eigenvalue weighted by Gasteiger charge is 2.34. The van der Waals surface area contributed by atoms with Crippen molar-refractivity contribution < 1.29 is 19.7 Å². The molecule has 0 heterocycles. The van der Waals surface area contributed by atoms with Crippen molar-refractivity contribution in [1.29, 1.82) is 0 Å². The smallest absolute Gasteiger partial charge is 0.309 e. The molecule has 2 rings (SSSR count). The first kappa shape index (κ1) is 29.9. The van der Waals surface area contributed by atoms with E-state index in [1.807, 2.05) is 30.3 Å². The number of guanidine groups is 1. The molecule has 38 heavy (non-hydrogen) atoms. The topological polar surface area (TPSA) is 200 Å². The van der Waals surface area contributed by atoms with Crippen LogP contribution in [-0.2, 0) is 20.8 Å². The first-order valence-electron chi connectivity index (χ1n) is 12.4. The number of hydrazine groups is 1. The number of hydrogen-bond acceptors (Lipinski definition) is 6. The van der Waals surface area contributed by atoms with Gasteiger partial charge in [-0.2, -0.15) is 0 Å². The number of benzene rings is 2. The van der Waals surface area contributed by atoms with Crippen LogP contribution >= 0.6 is 0 Å². The molecule has 0 unspecified atom stereocenters. The molecule has 2 aromatic carbocycles. The number of nitrogens with two attached hydrogens (primary N) is 3. The van der Waals surface area contributed by atoms with Crippen molar-refractivity contribution in [3.8, 4) is 0 Å². The first-order valence-corrected chi connectivity index (χ1v) is 12.4. The number of aliphatic imine (C=N–C) groups is 1.